The fourth-order valence-corrected chi connectivity index (χ4v) is 6.42. The number of hydrogen-bond donors (Lipinski definition) is 0. The highest BCUT2D eigenvalue weighted by Gasteiger charge is 2.18. The summed E-state index contributed by atoms with van der Waals surface area (Å²) in [5.41, 5.74) is 8.89. The van der Waals surface area contributed by atoms with Crippen molar-refractivity contribution in [2.75, 3.05) is 0 Å². The van der Waals surface area contributed by atoms with Crippen LogP contribution in [0.4, 0.5) is 0 Å². The van der Waals surface area contributed by atoms with E-state index in [0.29, 0.717) is 0 Å². The molecule has 0 atom stereocenters. The standard InChI is InChI=1S/C36H22N2O/c1-2-10-23(11-3-1)37-31-15-7-4-12-25(31)28-20-24(18-19-33(28)37)38-32-16-8-5-13-26(32)29-21-30-27-14-6-9-17-35(27)39-36(30)22-34(29)38/h1-22H. The quantitative estimate of drug-likeness (QED) is 0.233. The molecule has 0 saturated carbocycles. The zero-order chi connectivity index (χ0) is 25.5. The minimum atomic E-state index is 0.912. The van der Waals surface area contributed by atoms with Crippen LogP contribution in [0.1, 0.15) is 0 Å². The third-order valence-corrected chi connectivity index (χ3v) is 8.10. The lowest BCUT2D eigenvalue weighted by Gasteiger charge is -2.10. The van der Waals surface area contributed by atoms with E-state index < -0.39 is 0 Å². The maximum absolute atomic E-state index is 6.31. The van der Waals surface area contributed by atoms with Gasteiger partial charge in [-0.3, -0.25) is 0 Å². The van der Waals surface area contributed by atoms with Crippen LogP contribution in [0.2, 0.25) is 0 Å². The zero-order valence-corrected chi connectivity index (χ0v) is 21.0. The second kappa shape index (κ2) is 7.62. The van der Waals surface area contributed by atoms with Crippen LogP contribution in [0.5, 0.6) is 0 Å². The summed E-state index contributed by atoms with van der Waals surface area (Å²) in [5, 5.41) is 7.27. The number of benzene rings is 6. The highest BCUT2D eigenvalue weighted by Crippen LogP contribution is 2.39. The third kappa shape index (κ3) is 2.82. The molecule has 3 heteroatoms. The van der Waals surface area contributed by atoms with Crippen molar-refractivity contribution < 1.29 is 4.42 Å². The predicted octanol–water partition coefficient (Wildman–Crippen LogP) is 9.78. The molecule has 9 aromatic rings. The lowest BCUT2D eigenvalue weighted by Crippen LogP contribution is -1.95. The Balaban J connectivity index is 1.39. The van der Waals surface area contributed by atoms with Crippen molar-refractivity contribution >= 4 is 65.6 Å². The maximum Gasteiger partial charge on any atom is 0.137 e. The van der Waals surface area contributed by atoms with Gasteiger partial charge in [0.15, 0.2) is 0 Å². The summed E-state index contributed by atoms with van der Waals surface area (Å²) in [6.07, 6.45) is 0. The van der Waals surface area contributed by atoms with Gasteiger partial charge < -0.3 is 13.6 Å². The molecule has 0 saturated heterocycles. The molecular formula is C36H22N2O. The van der Waals surface area contributed by atoms with Gasteiger partial charge >= 0.3 is 0 Å². The summed E-state index contributed by atoms with van der Waals surface area (Å²) in [5.74, 6) is 0. The first-order chi connectivity index (χ1) is 19.3. The summed E-state index contributed by atoms with van der Waals surface area (Å²) in [6, 6.07) is 47.6. The van der Waals surface area contributed by atoms with E-state index in [9.17, 15) is 0 Å². The van der Waals surface area contributed by atoms with Gasteiger partial charge in [-0.1, -0.05) is 72.8 Å². The summed E-state index contributed by atoms with van der Waals surface area (Å²) in [4.78, 5) is 0. The topological polar surface area (TPSA) is 23.0 Å². The van der Waals surface area contributed by atoms with Crippen LogP contribution < -0.4 is 0 Å². The minimum Gasteiger partial charge on any atom is -0.456 e. The van der Waals surface area contributed by atoms with Crippen LogP contribution in [0.25, 0.3) is 76.9 Å². The first kappa shape index (κ1) is 20.7. The Hall–Kier alpha value is -5.28. The van der Waals surface area contributed by atoms with E-state index >= 15 is 0 Å². The Morgan fingerprint density at radius 2 is 0.923 bits per heavy atom. The normalized spacial score (nSPS) is 12.1. The molecular weight excluding hydrogens is 476 g/mol. The van der Waals surface area contributed by atoms with E-state index in [4.69, 9.17) is 4.42 Å². The van der Waals surface area contributed by atoms with Crippen LogP contribution in [0.3, 0.4) is 0 Å². The Kier molecular flexibility index (Phi) is 4.05. The Morgan fingerprint density at radius 1 is 0.333 bits per heavy atom. The van der Waals surface area contributed by atoms with E-state index in [1.54, 1.807) is 0 Å². The molecule has 0 aliphatic heterocycles. The molecule has 0 aliphatic rings. The highest BCUT2D eigenvalue weighted by atomic mass is 16.3. The number of hydrogen-bond acceptors (Lipinski definition) is 1. The van der Waals surface area contributed by atoms with Gasteiger partial charge in [0.05, 0.1) is 22.1 Å². The van der Waals surface area contributed by atoms with Crippen LogP contribution in [-0.4, -0.2) is 9.13 Å². The second-order valence-corrected chi connectivity index (χ2v) is 10.2. The molecule has 9 rings (SSSR count). The fourth-order valence-electron chi connectivity index (χ4n) is 6.42. The maximum atomic E-state index is 6.31. The molecule has 0 unspecified atom stereocenters. The van der Waals surface area contributed by atoms with Gasteiger partial charge in [-0.15, -0.1) is 0 Å². The molecule has 0 aliphatic carbocycles. The van der Waals surface area contributed by atoms with Crippen LogP contribution >= 0.6 is 0 Å². The molecule has 0 spiro atoms. The summed E-state index contributed by atoms with van der Waals surface area (Å²) in [7, 11) is 0. The third-order valence-electron chi connectivity index (χ3n) is 8.10. The van der Waals surface area contributed by atoms with Gasteiger partial charge in [0.2, 0.25) is 0 Å². The molecule has 0 amide bonds. The van der Waals surface area contributed by atoms with E-state index in [2.05, 4.69) is 130 Å². The number of furan rings is 1. The molecule has 182 valence electrons. The van der Waals surface area contributed by atoms with Gasteiger partial charge in [0.1, 0.15) is 11.2 Å². The first-order valence-corrected chi connectivity index (χ1v) is 13.3. The van der Waals surface area contributed by atoms with E-state index in [0.717, 1.165) is 33.1 Å². The van der Waals surface area contributed by atoms with E-state index in [-0.39, 0.29) is 0 Å². The first-order valence-electron chi connectivity index (χ1n) is 13.3. The van der Waals surface area contributed by atoms with E-state index in [1.165, 1.54) is 43.8 Å². The number of fused-ring (bicyclic) bond motifs is 9. The molecule has 3 heterocycles. The molecule has 0 N–H and O–H groups in total. The van der Waals surface area contributed by atoms with Crippen molar-refractivity contribution in [3.05, 3.63) is 133 Å². The average molecular weight is 499 g/mol. The average Bonchev–Trinajstić information content (AvgIpc) is 3.63. The number of rotatable bonds is 2. The van der Waals surface area contributed by atoms with Crippen molar-refractivity contribution in [3.8, 4) is 11.4 Å². The number of para-hydroxylation sites is 4. The molecule has 3 nitrogen and oxygen atoms in total. The molecule has 39 heavy (non-hydrogen) atoms. The van der Waals surface area contributed by atoms with Gasteiger partial charge in [-0.25, -0.2) is 0 Å². The van der Waals surface area contributed by atoms with Gasteiger partial charge in [0, 0.05) is 49.8 Å². The second-order valence-electron chi connectivity index (χ2n) is 10.2. The van der Waals surface area contributed by atoms with Gasteiger partial charge in [-0.2, -0.15) is 0 Å². The predicted molar refractivity (Wildman–Crippen MR) is 162 cm³/mol. The van der Waals surface area contributed by atoms with E-state index in [1.807, 2.05) is 12.1 Å². The molecule has 0 radical (unpaired) electrons. The fraction of sp³-hybridized carbons (Fsp3) is 0. The van der Waals surface area contributed by atoms with Crippen LogP contribution in [0, 0.1) is 0 Å². The SMILES string of the molecule is c1ccc(-n2c3ccccc3c3cc(-n4c5ccccc5c5cc6c(cc54)oc4ccccc46)ccc32)cc1. The van der Waals surface area contributed by atoms with Crippen molar-refractivity contribution in [1.29, 1.82) is 0 Å². The highest BCUT2D eigenvalue weighted by molar-refractivity contribution is 6.17. The largest absolute Gasteiger partial charge is 0.456 e. The lowest BCUT2D eigenvalue weighted by atomic mass is 10.1. The van der Waals surface area contributed by atoms with Gasteiger partial charge in [-0.05, 0) is 54.6 Å². The summed E-state index contributed by atoms with van der Waals surface area (Å²) < 4.78 is 11.1. The number of nitrogens with zero attached hydrogens (tertiary/aromatic N) is 2. The Morgan fingerprint density at radius 3 is 1.69 bits per heavy atom. The van der Waals surface area contributed by atoms with Crippen molar-refractivity contribution in [1.82, 2.24) is 9.13 Å². The summed E-state index contributed by atoms with van der Waals surface area (Å²) >= 11 is 0. The molecule has 6 aromatic carbocycles. The minimum absolute atomic E-state index is 0.912. The van der Waals surface area contributed by atoms with Crippen molar-refractivity contribution in [2.24, 2.45) is 0 Å². The summed E-state index contributed by atoms with van der Waals surface area (Å²) in [6.45, 7) is 0. The Labute approximate surface area is 223 Å². The monoisotopic (exact) mass is 498 g/mol. The van der Waals surface area contributed by atoms with Crippen LogP contribution in [-0.2, 0) is 0 Å². The zero-order valence-electron chi connectivity index (χ0n) is 21.0. The van der Waals surface area contributed by atoms with Crippen molar-refractivity contribution in [2.45, 2.75) is 0 Å². The van der Waals surface area contributed by atoms with Crippen LogP contribution in [0.15, 0.2) is 138 Å². The molecule has 3 aromatic heterocycles. The molecule has 0 bridgehead atoms. The Bertz CT molecular complexity index is 2390. The number of aromatic nitrogens is 2. The lowest BCUT2D eigenvalue weighted by molar-refractivity contribution is 0.669. The van der Waals surface area contributed by atoms with Crippen molar-refractivity contribution in [3.63, 3.8) is 0 Å². The smallest absolute Gasteiger partial charge is 0.137 e. The van der Waals surface area contributed by atoms with Gasteiger partial charge in [0.25, 0.3) is 0 Å². The molecule has 0 fully saturated rings.